The molecule has 0 aromatic heterocycles. The highest BCUT2D eigenvalue weighted by atomic mass is 16.4. The molecule has 0 radical (unpaired) electrons. The molecule has 0 aromatic rings. The lowest BCUT2D eigenvalue weighted by molar-refractivity contribution is -0.137. The van der Waals surface area contributed by atoms with E-state index in [1.54, 1.807) is 0 Å². The first-order valence-electron chi connectivity index (χ1n) is 5.81. The van der Waals surface area contributed by atoms with Crippen LogP contribution in [0, 0.1) is 18.3 Å². The van der Waals surface area contributed by atoms with Crippen molar-refractivity contribution in [1.82, 2.24) is 10.2 Å². The monoisotopic (exact) mass is 238 g/mol. The highest BCUT2D eigenvalue weighted by molar-refractivity contribution is 5.80. The van der Waals surface area contributed by atoms with Crippen LogP contribution in [0.15, 0.2) is 0 Å². The molecule has 5 heteroatoms. The number of carboxylic acid groups (broad SMARTS) is 1. The zero-order valence-electron chi connectivity index (χ0n) is 9.82. The number of nitrogens with one attached hydrogen (secondary N) is 1. The van der Waals surface area contributed by atoms with E-state index in [2.05, 4.69) is 11.2 Å². The number of carbonyl (C=O) groups is 2. The molecular weight excluding hydrogens is 220 g/mol. The van der Waals surface area contributed by atoms with Gasteiger partial charge in [-0.05, 0) is 18.8 Å². The zero-order chi connectivity index (χ0) is 12.7. The van der Waals surface area contributed by atoms with Gasteiger partial charge in [-0.3, -0.25) is 4.79 Å². The van der Waals surface area contributed by atoms with Crippen molar-refractivity contribution in [3.05, 3.63) is 0 Å². The average Bonchev–Trinajstić information content (AvgIpc) is 3.07. The largest absolute Gasteiger partial charge is 0.480 e. The number of urea groups is 1. The molecule has 0 aliphatic heterocycles. The average molecular weight is 238 g/mol. The van der Waals surface area contributed by atoms with Crippen molar-refractivity contribution in [2.45, 2.75) is 25.7 Å². The molecule has 0 heterocycles. The summed E-state index contributed by atoms with van der Waals surface area (Å²) in [6, 6.07) is -0.402. The first-order chi connectivity index (χ1) is 8.13. The summed E-state index contributed by atoms with van der Waals surface area (Å²) in [5.41, 5.74) is 0. The fraction of sp³-hybridized carbons (Fsp3) is 0.667. The molecule has 0 saturated heterocycles. The maximum atomic E-state index is 11.6. The van der Waals surface area contributed by atoms with E-state index in [1.165, 1.54) is 12.8 Å². The molecule has 0 aromatic carbocycles. The lowest BCUT2D eigenvalue weighted by atomic mass is 10.2. The fourth-order valence-corrected chi connectivity index (χ4v) is 1.58. The van der Waals surface area contributed by atoms with Gasteiger partial charge >= 0.3 is 12.0 Å². The van der Waals surface area contributed by atoms with Gasteiger partial charge in [0.15, 0.2) is 0 Å². The molecule has 94 valence electrons. The van der Waals surface area contributed by atoms with Crippen LogP contribution >= 0.6 is 0 Å². The third kappa shape index (κ3) is 5.81. The maximum Gasteiger partial charge on any atom is 0.323 e. The summed E-state index contributed by atoms with van der Waals surface area (Å²) in [6.07, 6.45) is 9.76. The van der Waals surface area contributed by atoms with Gasteiger partial charge in [-0.1, -0.05) is 18.8 Å². The van der Waals surface area contributed by atoms with E-state index >= 15 is 0 Å². The number of nitrogens with zero attached hydrogens (tertiary/aromatic N) is 1. The van der Waals surface area contributed by atoms with E-state index in [-0.39, 0.29) is 13.1 Å². The fourth-order valence-electron chi connectivity index (χ4n) is 1.58. The van der Waals surface area contributed by atoms with Crippen molar-refractivity contribution in [2.75, 3.05) is 19.6 Å². The summed E-state index contributed by atoms with van der Waals surface area (Å²) in [7, 11) is 0. The number of amides is 2. The van der Waals surface area contributed by atoms with Crippen LogP contribution in [-0.4, -0.2) is 41.6 Å². The highest BCUT2D eigenvalue weighted by Crippen LogP contribution is 2.33. The Morgan fingerprint density at radius 2 is 2.18 bits per heavy atom. The molecule has 1 aliphatic carbocycles. The molecule has 0 spiro atoms. The number of carboxylic acids is 1. The van der Waals surface area contributed by atoms with E-state index in [0.717, 1.165) is 23.7 Å². The smallest absolute Gasteiger partial charge is 0.323 e. The van der Waals surface area contributed by atoms with Crippen LogP contribution in [0.3, 0.4) is 0 Å². The molecule has 17 heavy (non-hydrogen) atoms. The third-order valence-corrected chi connectivity index (χ3v) is 2.66. The minimum Gasteiger partial charge on any atom is -0.480 e. The molecule has 0 unspecified atom stereocenters. The molecule has 0 atom stereocenters. The Bertz CT molecular complexity index is 318. The Hall–Kier alpha value is -1.70. The first-order valence-corrected chi connectivity index (χ1v) is 5.81. The SMILES string of the molecule is C#CCN(CC(=O)O)C(=O)NCCCC1CC1. The minimum absolute atomic E-state index is 0.0146. The Kier molecular flexibility index (Phi) is 5.34. The van der Waals surface area contributed by atoms with Crippen LogP contribution in [-0.2, 0) is 4.79 Å². The number of hydrogen-bond donors (Lipinski definition) is 2. The molecular formula is C12H18N2O3. The number of aliphatic carboxylic acids is 1. The minimum atomic E-state index is -1.06. The zero-order valence-corrected chi connectivity index (χ0v) is 9.82. The molecule has 1 saturated carbocycles. The van der Waals surface area contributed by atoms with Gasteiger partial charge < -0.3 is 15.3 Å². The first kappa shape index (κ1) is 13.4. The van der Waals surface area contributed by atoms with E-state index in [1.807, 2.05) is 0 Å². The van der Waals surface area contributed by atoms with Crippen LogP contribution in [0.2, 0.25) is 0 Å². The van der Waals surface area contributed by atoms with Gasteiger partial charge in [0.1, 0.15) is 6.54 Å². The van der Waals surface area contributed by atoms with Crippen molar-refractivity contribution in [3.63, 3.8) is 0 Å². The second-order valence-corrected chi connectivity index (χ2v) is 4.27. The molecule has 2 amide bonds. The second kappa shape index (κ2) is 6.79. The lowest BCUT2D eigenvalue weighted by Gasteiger charge is -2.18. The van der Waals surface area contributed by atoms with Crippen LogP contribution in [0.1, 0.15) is 25.7 Å². The summed E-state index contributed by atoms with van der Waals surface area (Å²) in [5, 5.41) is 11.3. The quantitative estimate of drug-likeness (QED) is 0.511. The van der Waals surface area contributed by atoms with Crippen LogP contribution in [0.25, 0.3) is 0 Å². The molecule has 1 fully saturated rings. The third-order valence-electron chi connectivity index (χ3n) is 2.66. The molecule has 1 rings (SSSR count). The molecule has 0 bridgehead atoms. The van der Waals surface area contributed by atoms with Gasteiger partial charge in [-0.2, -0.15) is 0 Å². The maximum absolute atomic E-state index is 11.6. The number of carbonyl (C=O) groups excluding carboxylic acids is 1. The highest BCUT2D eigenvalue weighted by Gasteiger charge is 2.20. The van der Waals surface area contributed by atoms with Crippen molar-refractivity contribution < 1.29 is 14.7 Å². The van der Waals surface area contributed by atoms with Crippen LogP contribution in [0.5, 0.6) is 0 Å². The topological polar surface area (TPSA) is 69.6 Å². The Balaban J connectivity index is 2.20. The van der Waals surface area contributed by atoms with Crippen LogP contribution in [0.4, 0.5) is 4.79 Å². The summed E-state index contributed by atoms with van der Waals surface area (Å²) >= 11 is 0. The van der Waals surface area contributed by atoms with Gasteiger partial charge in [0.25, 0.3) is 0 Å². The van der Waals surface area contributed by atoms with Gasteiger partial charge in [-0.25, -0.2) is 4.79 Å². The summed E-state index contributed by atoms with van der Waals surface area (Å²) in [5.74, 6) is 2.05. The lowest BCUT2D eigenvalue weighted by Crippen LogP contribution is -2.43. The molecule has 1 aliphatic rings. The number of rotatable bonds is 7. The van der Waals surface area contributed by atoms with E-state index < -0.39 is 12.0 Å². The summed E-state index contributed by atoms with van der Waals surface area (Å²) in [4.78, 5) is 23.2. The second-order valence-electron chi connectivity index (χ2n) is 4.27. The van der Waals surface area contributed by atoms with Crippen molar-refractivity contribution in [3.8, 4) is 12.3 Å². The molecule has 5 nitrogen and oxygen atoms in total. The van der Waals surface area contributed by atoms with Crippen molar-refractivity contribution >= 4 is 12.0 Å². The van der Waals surface area contributed by atoms with Crippen molar-refractivity contribution in [1.29, 1.82) is 0 Å². The van der Waals surface area contributed by atoms with Gasteiger partial charge in [0.2, 0.25) is 0 Å². The van der Waals surface area contributed by atoms with Gasteiger partial charge in [-0.15, -0.1) is 6.42 Å². The number of terminal acetylenes is 1. The predicted octanol–water partition coefficient (Wildman–Crippen LogP) is 0.906. The normalized spacial score (nSPS) is 13.8. The summed E-state index contributed by atoms with van der Waals surface area (Å²) in [6.45, 7) is 0.232. The molecule has 2 N–H and O–H groups in total. The number of hydrogen-bond acceptors (Lipinski definition) is 2. The Labute approximate surface area is 101 Å². The van der Waals surface area contributed by atoms with E-state index in [9.17, 15) is 9.59 Å². The summed E-state index contributed by atoms with van der Waals surface area (Å²) < 4.78 is 0. The van der Waals surface area contributed by atoms with E-state index in [0.29, 0.717) is 6.54 Å². The van der Waals surface area contributed by atoms with E-state index in [4.69, 9.17) is 11.5 Å². The Morgan fingerprint density at radius 3 is 2.71 bits per heavy atom. The standard InChI is InChI=1S/C12H18N2O3/c1-2-8-14(9-11(15)16)12(17)13-7-3-4-10-5-6-10/h1,10H,3-9H2,(H,13,17)(H,15,16). The van der Waals surface area contributed by atoms with Gasteiger partial charge in [0.05, 0.1) is 6.54 Å². The Morgan fingerprint density at radius 1 is 1.47 bits per heavy atom. The predicted molar refractivity (Wildman–Crippen MR) is 63.4 cm³/mol. The van der Waals surface area contributed by atoms with Gasteiger partial charge in [0, 0.05) is 6.54 Å². The van der Waals surface area contributed by atoms with Crippen molar-refractivity contribution in [2.24, 2.45) is 5.92 Å². The van der Waals surface area contributed by atoms with Crippen LogP contribution < -0.4 is 5.32 Å².